The number of esters is 1. The normalized spacial score (nSPS) is 12.4. The number of hydrogen-bond donors (Lipinski definition) is 2. The van der Waals surface area contributed by atoms with Gasteiger partial charge < -0.3 is 29.4 Å². The van der Waals surface area contributed by atoms with E-state index in [4.69, 9.17) is 18.9 Å². The average Bonchev–Trinajstić information content (AvgIpc) is 2.95. The van der Waals surface area contributed by atoms with E-state index < -0.39 is 17.9 Å². The molecule has 0 bridgehead atoms. The summed E-state index contributed by atoms with van der Waals surface area (Å²) in [6.07, 6.45) is 1.16. The van der Waals surface area contributed by atoms with E-state index in [1.165, 1.54) is 39.0 Å². The van der Waals surface area contributed by atoms with Crippen LogP contribution in [0.5, 0.6) is 23.0 Å². The standard InChI is InChI=1S/C32H39NO7/c1-20(2)15-22-7-11-25(12-8-22)21(3)31(35)33-27(16-23-9-13-26(34)14-10-23)32(36)40-19-24-17-28(37-4)30(39-6)29(18-24)38-5/h7-14,17-18,20-21,27,34H,15-16,19H2,1-6H3,(H,33,35). The van der Waals surface area contributed by atoms with Crippen LogP contribution in [-0.2, 0) is 33.8 Å². The molecule has 214 valence electrons. The Hall–Kier alpha value is -4.20. The van der Waals surface area contributed by atoms with E-state index in [0.29, 0.717) is 28.7 Å². The molecule has 0 aliphatic heterocycles. The molecule has 0 radical (unpaired) electrons. The molecule has 40 heavy (non-hydrogen) atoms. The third kappa shape index (κ3) is 8.15. The zero-order chi connectivity index (χ0) is 29.2. The minimum atomic E-state index is -0.943. The summed E-state index contributed by atoms with van der Waals surface area (Å²) < 4.78 is 21.8. The molecular formula is C32H39NO7. The number of phenolic OH excluding ortho intramolecular Hbond substituents is 1. The number of rotatable bonds is 13. The second-order valence-electron chi connectivity index (χ2n) is 10.1. The number of aromatic hydroxyl groups is 1. The molecule has 0 spiro atoms. The van der Waals surface area contributed by atoms with E-state index in [1.54, 1.807) is 24.3 Å². The van der Waals surface area contributed by atoms with Gasteiger partial charge in [0.2, 0.25) is 11.7 Å². The monoisotopic (exact) mass is 549 g/mol. The van der Waals surface area contributed by atoms with E-state index in [1.807, 2.05) is 31.2 Å². The molecule has 0 heterocycles. The van der Waals surface area contributed by atoms with Crippen molar-refractivity contribution in [2.45, 2.75) is 52.2 Å². The van der Waals surface area contributed by atoms with Crippen molar-refractivity contribution in [3.8, 4) is 23.0 Å². The van der Waals surface area contributed by atoms with Crippen molar-refractivity contribution in [2.75, 3.05) is 21.3 Å². The summed E-state index contributed by atoms with van der Waals surface area (Å²) >= 11 is 0. The Labute approximate surface area is 236 Å². The van der Waals surface area contributed by atoms with Crippen LogP contribution >= 0.6 is 0 Å². The molecule has 2 atom stereocenters. The molecule has 3 aromatic rings. The minimum Gasteiger partial charge on any atom is -0.508 e. The number of phenols is 1. The molecule has 8 nitrogen and oxygen atoms in total. The highest BCUT2D eigenvalue weighted by Gasteiger charge is 2.26. The number of carbonyl (C=O) groups is 2. The molecule has 2 N–H and O–H groups in total. The molecule has 0 fully saturated rings. The van der Waals surface area contributed by atoms with Gasteiger partial charge in [-0.1, -0.05) is 50.2 Å². The van der Waals surface area contributed by atoms with Crippen molar-refractivity contribution >= 4 is 11.9 Å². The highest BCUT2D eigenvalue weighted by molar-refractivity contribution is 5.88. The van der Waals surface area contributed by atoms with Crippen molar-refractivity contribution in [1.82, 2.24) is 5.32 Å². The Kier molecular flexibility index (Phi) is 10.8. The number of ether oxygens (including phenoxy) is 4. The van der Waals surface area contributed by atoms with E-state index in [0.717, 1.165) is 17.5 Å². The molecule has 1 amide bonds. The van der Waals surface area contributed by atoms with Crippen LogP contribution in [-0.4, -0.2) is 44.4 Å². The highest BCUT2D eigenvalue weighted by atomic mass is 16.5. The van der Waals surface area contributed by atoms with Gasteiger partial charge in [-0.2, -0.15) is 0 Å². The second-order valence-corrected chi connectivity index (χ2v) is 10.1. The fourth-order valence-electron chi connectivity index (χ4n) is 4.40. The van der Waals surface area contributed by atoms with Crippen molar-refractivity contribution in [3.05, 3.63) is 82.9 Å². The third-order valence-corrected chi connectivity index (χ3v) is 6.60. The molecule has 0 saturated heterocycles. The van der Waals surface area contributed by atoms with E-state index in [9.17, 15) is 14.7 Å². The molecule has 8 heteroatoms. The highest BCUT2D eigenvalue weighted by Crippen LogP contribution is 2.38. The lowest BCUT2D eigenvalue weighted by Gasteiger charge is -2.21. The predicted molar refractivity (Wildman–Crippen MR) is 153 cm³/mol. The molecular weight excluding hydrogens is 510 g/mol. The van der Waals surface area contributed by atoms with Gasteiger partial charge in [0.25, 0.3) is 0 Å². The largest absolute Gasteiger partial charge is 0.508 e. The van der Waals surface area contributed by atoms with Gasteiger partial charge in [0, 0.05) is 6.42 Å². The number of carbonyl (C=O) groups excluding carboxylic acids is 2. The fraction of sp³-hybridized carbons (Fsp3) is 0.375. The van der Waals surface area contributed by atoms with Crippen molar-refractivity contribution < 1.29 is 33.6 Å². The Morgan fingerprint density at radius 1 is 0.775 bits per heavy atom. The summed E-state index contributed by atoms with van der Waals surface area (Å²) in [4.78, 5) is 26.6. The summed E-state index contributed by atoms with van der Waals surface area (Å²) in [5, 5.41) is 12.5. The van der Waals surface area contributed by atoms with Gasteiger partial charge in [-0.25, -0.2) is 4.79 Å². The molecule has 3 rings (SSSR count). The quantitative estimate of drug-likeness (QED) is 0.283. The molecule has 0 aliphatic rings. The van der Waals surface area contributed by atoms with Crippen molar-refractivity contribution in [3.63, 3.8) is 0 Å². The molecule has 0 saturated carbocycles. The lowest BCUT2D eigenvalue weighted by atomic mass is 9.95. The average molecular weight is 550 g/mol. The van der Waals surface area contributed by atoms with Gasteiger partial charge in [-0.15, -0.1) is 0 Å². The van der Waals surface area contributed by atoms with Crippen LogP contribution < -0.4 is 19.5 Å². The van der Waals surface area contributed by atoms with Crippen LogP contribution in [0.2, 0.25) is 0 Å². The summed E-state index contributed by atoms with van der Waals surface area (Å²) in [6, 6.07) is 16.9. The Morgan fingerprint density at radius 3 is 1.85 bits per heavy atom. The topological polar surface area (TPSA) is 103 Å². The first-order valence-corrected chi connectivity index (χ1v) is 13.3. The zero-order valence-electron chi connectivity index (χ0n) is 24.0. The van der Waals surface area contributed by atoms with E-state index >= 15 is 0 Å². The lowest BCUT2D eigenvalue weighted by molar-refractivity contribution is -0.149. The smallest absolute Gasteiger partial charge is 0.329 e. The first-order valence-electron chi connectivity index (χ1n) is 13.3. The van der Waals surface area contributed by atoms with E-state index in [2.05, 4.69) is 19.2 Å². The molecule has 3 aromatic carbocycles. The Morgan fingerprint density at radius 2 is 1.32 bits per heavy atom. The SMILES string of the molecule is COc1cc(COC(=O)C(Cc2ccc(O)cc2)NC(=O)C(C)c2ccc(CC(C)C)cc2)cc(OC)c1OC. The molecule has 2 unspecified atom stereocenters. The van der Waals surface area contributed by atoms with Gasteiger partial charge >= 0.3 is 5.97 Å². The number of amides is 1. The van der Waals surface area contributed by atoms with Crippen LogP contribution in [0.25, 0.3) is 0 Å². The first-order chi connectivity index (χ1) is 19.1. The number of nitrogens with one attached hydrogen (secondary N) is 1. The van der Waals surface area contributed by atoms with E-state index in [-0.39, 0.29) is 24.7 Å². The first kappa shape index (κ1) is 30.3. The van der Waals surface area contributed by atoms with Crippen LogP contribution in [0.1, 0.15) is 48.9 Å². The second kappa shape index (κ2) is 14.3. The fourth-order valence-corrected chi connectivity index (χ4v) is 4.40. The van der Waals surface area contributed by atoms with Crippen LogP contribution in [0, 0.1) is 5.92 Å². The Balaban J connectivity index is 1.76. The Bertz CT molecular complexity index is 1240. The summed E-state index contributed by atoms with van der Waals surface area (Å²) in [5.41, 5.74) is 3.47. The van der Waals surface area contributed by atoms with Gasteiger partial charge in [-0.05, 0) is 65.8 Å². The predicted octanol–water partition coefficient (Wildman–Crippen LogP) is 5.19. The van der Waals surface area contributed by atoms with Crippen LogP contribution in [0.4, 0.5) is 0 Å². The molecule has 0 aliphatic carbocycles. The molecule has 0 aromatic heterocycles. The van der Waals surface area contributed by atoms with Gasteiger partial charge in [0.1, 0.15) is 18.4 Å². The van der Waals surface area contributed by atoms with Gasteiger partial charge in [-0.3, -0.25) is 4.79 Å². The van der Waals surface area contributed by atoms with Gasteiger partial charge in [0.15, 0.2) is 11.5 Å². The van der Waals surface area contributed by atoms with Crippen LogP contribution in [0.15, 0.2) is 60.7 Å². The van der Waals surface area contributed by atoms with Crippen LogP contribution in [0.3, 0.4) is 0 Å². The number of benzene rings is 3. The third-order valence-electron chi connectivity index (χ3n) is 6.60. The zero-order valence-corrected chi connectivity index (χ0v) is 24.0. The van der Waals surface area contributed by atoms with Gasteiger partial charge in [0.05, 0.1) is 27.2 Å². The maximum atomic E-state index is 13.3. The number of hydrogen-bond acceptors (Lipinski definition) is 7. The minimum absolute atomic E-state index is 0.0651. The van der Waals surface area contributed by atoms with Crippen molar-refractivity contribution in [2.24, 2.45) is 5.92 Å². The summed E-state index contributed by atoms with van der Waals surface area (Å²) in [5.74, 6) is 0.620. The summed E-state index contributed by atoms with van der Waals surface area (Å²) in [6.45, 7) is 6.08. The maximum absolute atomic E-state index is 13.3. The number of methoxy groups -OCH3 is 3. The van der Waals surface area contributed by atoms with Crippen molar-refractivity contribution in [1.29, 1.82) is 0 Å². The lowest BCUT2D eigenvalue weighted by Crippen LogP contribution is -2.44. The summed E-state index contributed by atoms with van der Waals surface area (Å²) in [7, 11) is 4.53. The maximum Gasteiger partial charge on any atom is 0.329 e.